The summed E-state index contributed by atoms with van der Waals surface area (Å²) in [6.07, 6.45) is 1.37. The molecule has 4 rings (SSSR count). The first kappa shape index (κ1) is 16.8. The lowest BCUT2D eigenvalue weighted by atomic mass is 10.1. The summed E-state index contributed by atoms with van der Waals surface area (Å²) in [5.74, 6) is -3.52. The number of nitrogens with one attached hydrogen (secondary N) is 1. The fraction of sp³-hybridized carbons (Fsp3) is 0. The molecule has 0 amide bonds. The fourth-order valence-electron chi connectivity index (χ4n) is 2.71. The Hall–Kier alpha value is -3.62. The lowest BCUT2D eigenvalue weighted by Crippen LogP contribution is -1.97. The molecular weight excluding hydrogens is 364 g/mol. The molecule has 0 saturated carbocycles. The van der Waals surface area contributed by atoms with Gasteiger partial charge in [0.15, 0.2) is 5.58 Å². The Morgan fingerprint density at radius 3 is 2.44 bits per heavy atom. The van der Waals surface area contributed by atoms with E-state index in [2.05, 4.69) is 15.3 Å². The summed E-state index contributed by atoms with van der Waals surface area (Å²) in [4.78, 5) is 7.11. The number of aromatic nitrogens is 2. The highest BCUT2D eigenvalue weighted by molar-refractivity contribution is 6.03. The molecule has 3 heterocycles. The van der Waals surface area contributed by atoms with Gasteiger partial charge in [0.2, 0.25) is 17.8 Å². The molecule has 27 heavy (non-hydrogen) atoms. The number of furan rings is 1. The number of fused-ring (bicyclic) bond motifs is 1. The number of benzene rings is 1. The first-order valence-electron chi connectivity index (χ1n) is 7.65. The minimum atomic E-state index is -1.02. The minimum absolute atomic E-state index is 0.0860. The number of halogens is 4. The van der Waals surface area contributed by atoms with Gasteiger partial charge in [0.25, 0.3) is 0 Å². The number of anilines is 3. The second kappa shape index (κ2) is 6.27. The number of nitrogens with two attached hydrogens (primary N) is 1. The van der Waals surface area contributed by atoms with Gasteiger partial charge in [-0.2, -0.15) is 13.8 Å². The largest absolute Gasteiger partial charge is 0.436 e. The van der Waals surface area contributed by atoms with Gasteiger partial charge in [-0.25, -0.2) is 8.78 Å². The predicted octanol–water partition coefficient (Wildman–Crippen LogP) is 4.77. The van der Waals surface area contributed by atoms with Crippen LogP contribution in [0, 0.1) is 23.5 Å². The second-order valence-corrected chi connectivity index (χ2v) is 5.63. The highest BCUT2D eigenvalue weighted by Crippen LogP contribution is 2.39. The summed E-state index contributed by atoms with van der Waals surface area (Å²) in [5, 5.41) is 3.06. The monoisotopic (exact) mass is 374 g/mol. The average Bonchev–Trinajstić information content (AvgIpc) is 2.93. The molecule has 3 aromatic heterocycles. The van der Waals surface area contributed by atoms with Crippen LogP contribution in [0.1, 0.15) is 0 Å². The molecule has 3 N–H and O–H groups in total. The minimum Gasteiger partial charge on any atom is -0.436 e. The van der Waals surface area contributed by atoms with Crippen LogP contribution in [0.3, 0.4) is 0 Å². The molecule has 1 aromatic carbocycles. The maximum atomic E-state index is 13.9. The van der Waals surface area contributed by atoms with Crippen molar-refractivity contribution in [2.24, 2.45) is 0 Å². The first-order chi connectivity index (χ1) is 12.9. The van der Waals surface area contributed by atoms with Crippen LogP contribution in [0.2, 0.25) is 0 Å². The standard InChI is InChI=1S/C18H10F4N4O/c19-9-1-2-11(20)12(7-9)25-16-10-3-4-24-15(17(10)27-18(16)23)8-5-13(21)26-14(22)6-8/h1-7,25H,23H2. The zero-order valence-corrected chi connectivity index (χ0v) is 13.4. The van der Waals surface area contributed by atoms with Gasteiger partial charge in [-0.05, 0) is 18.2 Å². The van der Waals surface area contributed by atoms with Crippen molar-refractivity contribution in [2.45, 2.75) is 0 Å². The van der Waals surface area contributed by atoms with Crippen LogP contribution in [0.25, 0.3) is 22.2 Å². The molecule has 0 atom stereocenters. The smallest absolute Gasteiger partial charge is 0.216 e. The third-order valence-corrected chi connectivity index (χ3v) is 3.86. The first-order valence-corrected chi connectivity index (χ1v) is 7.65. The molecular formula is C18H10F4N4O. The van der Waals surface area contributed by atoms with Crippen molar-refractivity contribution in [3.8, 4) is 11.3 Å². The van der Waals surface area contributed by atoms with Crippen molar-refractivity contribution in [3.63, 3.8) is 0 Å². The molecule has 0 aliphatic rings. The van der Waals surface area contributed by atoms with Crippen LogP contribution in [-0.2, 0) is 0 Å². The van der Waals surface area contributed by atoms with Crippen molar-refractivity contribution in [3.05, 3.63) is 66.1 Å². The van der Waals surface area contributed by atoms with Crippen LogP contribution in [0.4, 0.5) is 34.8 Å². The van der Waals surface area contributed by atoms with Gasteiger partial charge in [0.1, 0.15) is 23.0 Å². The van der Waals surface area contributed by atoms with Crippen LogP contribution in [0.5, 0.6) is 0 Å². The summed E-state index contributed by atoms with van der Waals surface area (Å²) in [5.41, 5.74) is 6.22. The van der Waals surface area contributed by atoms with Crippen molar-refractivity contribution in [1.29, 1.82) is 0 Å². The van der Waals surface area contributed by atoms with Gasteiger partial charge in [0.05, 0.1) is 11.1 Å². The van der Waals surface area contributed by atoms with Crippen molar-refractivity contribution >= 4 is 28.2 Å². The second-order valence-electron chi connectivity index (χ2n) is 5.63. The molecule has 5 nitrogen and oxygen atoms in total. The van der Waals surface area contributed by atoms with Crippen molar-refractivity contribution in [2.75, 3.05) is 11.1 Å². The molecule has 0 aliphatic carbocycles. The van der Waals surface area contributed by atoms with Crippen molar-refractivity contribution < 1.29 is 22.0 Å². The van der Waals surface area contributed by atoms with Gasteiger partial charge in [0, 0.05) is 30.0 Å². The summed E-state index contributed by atoms with van der Waals surface area (Å²) in [7, 11) is 0. The van der Waals surface area contributed by atoms with Gasteiger partial charge in [-0.3, -0.25) is 4.98 Å². The molecule has 0 bridgehead atoms. The van der Waals surface area contributed by atoms with Gasteiger partial charge in [-0.15, -0.1) is 0 Å². The van der Waals surface area contributed by atoms with E-state index in [1.165, 1.54) is 12.3 Å². The highest BCUT2D eigenvalue weighted by atomic mass is 19.1. The molecule has 0 saturated heterocycles. The quantitative estimate of drug-likeness (QED) is 0.399. The van der Waals surface area contributed by atoms with Gasteiger partial charge >= 0.3 is 0 Å². The molecule has 136 valence electrons. The zero-order chi connectivity index (χ0) is 19.1. The molecule has 0 radical (unpaired) electrons. The maximum Gasteiger partial charge on any atom is 0.216 e. The van der Waals surface area contributed by atoms with Crippen molar-refractivity contribution in [1.82, 2.24) is 9.97 Å². The average molecular weight is 374 g/mol. The molecule has 0 aliphatic heterocycles. The molecule has 4 aromatic rings. The number of pyridine rings is 2. The Balaban J connectivity index is 1.87. The van der Waals surface area contributed by atoms with E-state index in [4.69, 9.17) is 10.2 Å². The summed E-state index contributed by atoms with van der Waals surface area (Å²) < 4.78 is 59.7. The van der Waals surface area contributed by atoms with E-state index in [-0.39, 0.29) is 34.1 Å². The van der Waals surface area contributed by atoms with Gasteiger partial charge < -0.3 is 15.5 Å². The van der Waals surface area contributed by atoms with E-state index in [1.54, 1.807) is 0 Å². The van der Waals surface area contributed by atoms with Gasteiger partial charge in [-0.1, -0.05) is 0 Å². The molecule has 0 fully saturated rings. The summed E-state index contributed by atoms with van der Waals surface area (Å²) >= 11 is 0. The zero-order valence-electron chi connectivity index (χ0n) is 13.4. The normalized spacial score (nSPS) is 11.1. The van der Waals surface area contributed by atoms with E-state index in [0.29, 0.717) is 5.39 Å². The SMILES string of the molecule is Nc1oc2c(-c3cc(F)nc(F)c3)nccc2c1Nc1cc(F)ccc1F. The van der Waals surface area contributed by atoms with E-state index >= 15 is 0 Å². The topological polar surface area (TPSA) is 77.0 Å². The number of nitrogens with zero attached hydrogens (tertiary/aromatic N) is 2. The van der Waals surface area contributed by atoms with E-state index in [1.807, 2.05) is 0 Å². The maximum absolute atomic E-state index is 13.9. The fourth-order valence-corrected chi connectivity index (χ4v) is 2.71. The third-order valence-electron chi connectivity index (χ3n) is 3.86. The summed E-state index contributed by atoms with van der Waals surface area (Å²) in [6.45, 7) is 0. The lowest BCUT2D eigenvalue weighted by molar-refractivity contribution is 0.513. The number of hydrogen-bond donors (Lipinski definition) is 2. The number of nitrogen functional groups attached to an aromatic ring is 1. The Bertz CT molecular complexity index is 1160. The molecule has 0 spiro atoms. The van der Waals surface area contributed by atoms with E-state index in [0.717, 1.165) is 30.3 Å². The molecule has 9 heteroatoms. The number of rotatable bonds is 3. The van der Waals surface area contributed by atoms with Crippen LogP contribution in [-0.4, -0.2) is 9.97 Å². The van der Waals surface area contributed by atoms with Crippen LogP contribution < -0.4 is 11.1 Å². The lowest BCUT2D eigenvalue weighted by Gasteiger charge is -2.07. The Morgan fingerprint density at radius 1 is 0.963 bits per heavy atom. The predicted molar refractivity (Wildman–Crippen MR) is 91.2 cm³/mol. The van der Waals surface area contributed by atoms with E-state index in [9.17, 15) is 17.6 Å². The van der Waals surface area contributed by atoms with E-state index < -0.39 is 23.5 Å². The Morgan fingerprint density at radius 2 is 1.70 bits per heavy atom. The molecule has 0 unspecified atom stereocenters. The van der Waals surface area contributed by atoms with Crippen LogP contribution >= 0.6 is 0 Å². The van der Waals surface area contributed by atoms with Crippen LogP contribution in [0.15, 0.2) is 47.0 Å². The highest BCUT2D eigenvalue weighted by Gasteiger charge is 2.19. The Kier molecular flexibility index (Phi) is 3.91. The third kappa shape index (κ3) is 3.03. The Labute approximate surface area is 149 Å². The summed E-state index contributed by atoms with van der Waals surface area (Å²) in [6, 6.07) is 6.40. The number of hydrogen-bond acceptors (Lipinski definition) is 5.